The summed E-state index contributed by atoms with van der Waals surface area (Å²) < 4.78 is 17.2. The van der Waals surface area contributed by atoms with Gasteiger partial charge < -0.3 is 19.3 Å². The molecule has 0 radical (unpaired) electrons. The molecule has 1 N–H and O–H groups in total. The molecule has 0 atom stereocenters. The number of hydrogen-bond donors (Lipinski definition) is 1. The van der Waals surface area contributed by atoms with Crippen molar-refractivity contribution in [2.24, 2.45) is 0 Å². The van der Waals surface area contributed by atoms with Gasteiger partial charge in [-0.1, -0.05) is 23.8 Å². The van der Waals surface area contributed by atoms with Crippen LogP contribution in [-0.2, 0) is 16.1 Å². The molecule has 174 valence electrons. The van der Waals surface area contributed by atoms with Crippen LogP contribution in [0.15, 0.2) is 63.9 Å². The zero-order valence-corrected chi connectivity index (χ0v) is 19.0. The van der Waals surface area contributed by atoms with Gasteiger partial charge in [-0.05, 0) is 50.6 Å². The Morgan fingerprint density at radius 3 is 2.59 bits per heavy atom. The van der Waals surface area contributed by atoms with E-state index in [9.17, 15) is 14.4 Å². The van der Waals surface area contributed by atoms with E-state index in [1.54, 1.807) is 50.2 Å². The van der Waals surface area contributed by atoms with E-state index in [-0.39, 0.29) is 24.7 Å². The van der Waals surface area contributed by atoms with E-state index in [4.69, 9.17) is 14.0 Å². The highest BCUT2D eigenvalue weighted by molar-refractivity contribution is 5.97. The Morgan fingerprint density at radius 1 is 1.06 bits per heavy atom. The molecule has 0 unspecified atom stereocenters. The second-order valence-electron chi connectivity index (χ2n) is 7.79. The summed E-state index contributed by atoms with van der Waals surface area (Å²) in [5.41, 5.74) is 2.63. The smallest absolute Gasteiger partial charge is 0.338 e. The summed E-state index contributed by atoms with van der Waals surface area (Å²) in [7, 11) is 0. The van der Waals surface area contributed by atoms with Crippen LogP contribution >= 0.6 is 0 Å². The molecule has 34 heavy (non-hydrogen) atoms. The van der Waals surface area contributed by atoms with Crippen LogP contribution in [0.4, 0.5) is 5.69 Å². The summed E-state index contributed by atoms with van der Waals surface area (Å²) in [6.45, 7) is 5.02. The van der Waals surface area contributed by atoms with Crippen molar-refractivity contribution in [2.45, 2.75) is 27.4 Å². The number of esters is 1. The van der Waals surface area contributed by atoms with Crippen molar-refractivity contribution < 1.29 is 23.6 Å². The molecule has 4 rings (SSSR count). The molecule has 9 nitrogen and oxygen atoms in total. The van der Waals surface area contributed by atoms with E-state index >= 15 is 0 Å². The van der Waals surface area contributed by atoms with Gasteiger partial charge in [-0.15, -0.1) is 4.57 Å². The van der Waals surface area contributed by atoms with Crippen molar-refractivity contribution in [3.63, 3.8) is 0 Å². The summed E-state index contributed by atoms with van der Waals surface area (Å²) >= 11 is 0. The molecule has 0 aliphatic carbocycles. The number of nitrogens with zero attached hydrogens (tertiary/aromatic N) is 2. The number of anilines is 1. The van der Waals surface area contributed by atoms with Crippen LogP contribution in [0.3, 0.4) is 0 Å². The maximum atomic E-state index is 12.7. The van der Waals surface area contributed by atoms with Crippen LogP contribution in [0.1, 0.15) is 32.9 Å². The SMILES string of the molecule is Cc1ccc(OCC(=O)Nc2cccc(C(=O)OCc3cc(=O)n4oc(C)cc4n3)c2C)cc1. The zero-order valence-electron chi connectivity index (χ0n) is 19.0. The van der Waals surface area contributed by atoms with Gasteiger partial charge in [0, 0.05) is 17.8 Å². The number of hydrogen-bond acceptors (Lipinski definition) is 7. The quantitative estimate of drug-likeness (QED) is 0.419. The van der Waals surface area contributed by atoms with E-state index in [0.717, 1.165) is 10.1 Å². The van der Waals surface area contributed by atoms with Crippen molar-refractivity contribution in [1.29, 1.82) is 0 Å². The van der Waals surface area contributed by atoms with Crippen LogP contribution < -0.4 is 15.6 Å². The van der Waals surface area contributed by atoms with Gasteiger partial charge in [-0.2, -0.15) is 0 Å². The van der Waals surface area contributed by atoms with Crippen LogP contribution in [0.2, 0.25) is 0 Å². The standard InChI is InChI=1S/C25H23N3O6/c1-15-7-9-19(10-8-15)32-14-23(29)27-21-6-4-5-20(17(21)3)25(31)33-13-18-12-24(30)28-22(26-18)11-16(2)34-28/h4-12H,13-14H2,1-3H3,(H,27,29). The highest BCUT2D eigenvalue weighted by Gasteiger charge is 2.16. The summed E-state index contributed by atoms with van der Waals surface area (Å²) in [4.78, 5) is 41.4. The van der Waals surface area contributed by atoms with Gasteiger partial charge in [0.25, 0.3) is 11.5 Å². The number of nitrogens with one attached hydrogen (secondary N) is 1. The van der Waals surface area contributed by atoms with Gasteiger partial charge in [-0.25, -0.2) is 9.78 Å². The fraction of sp³-hybridized carbons (Fsp3) is 0.200. The van der Waals surface area contributed by atoms with Crippen molar-refractivity contribution >= 4 is 23.2 Å². The average Bonchev–Trinajstić information content (AvgIpc) is 3.19. The minimum absolute atomic E-state index is 0.172. The van der Waals surface area contributed by atoms with Crippen LogP contribution in [0.25, 0.3) is 5.65 Å². The zero-order chi connectivity index (χ0) is 24.2. The third-order valence-corrected chi connectivity index (χ3v) is 5.09. The largest absolute Gasteiger partial charge is 0.484 e. The van der Waals surface area contributed by atoms with E-state index in [1.165, 1.54) is 6.07 Å². The number of carbonyl (C=O) groups is 2. The van der Waals surface area contributed by atoms with Crippen LogP contribution in [0, 0.1) is 20.8 Å². The average molecular weight is 461 g/mol. The molecule has 0 bridgehead atoms. The molecule has 0 aliphatic rings. The molecule has 0 fully saturated rings. The monoisotopic (exact) mass is 461 g/mol. The molecule has 0 saturated carbocycles. The number of aryl methyl sites for hydroxylation is 2. The topological polar surface area (TPSA) is 112 Å². The van der Waals surface area contributed by atoms with Crippen LogP contribution in [-0.4, -0.2) is 28.0 Å². The van der Waals surface area contributed by atoms with Crippen molar-refractivity contribution in [3.05, 3.63) is 93.1 Å². The summed E-state index contributed by atoms with van der Waals surface area (Å²) in [5.74, 6) is 0.168. The van der Waals surface area contributed by atoms with Gasteiger partial charge in [0.1, 0.15) is 18.1 Å². The Labute approximate surface area is 194 Å². The molecule has 2 aromatic carbocycles. The molecule has 0 saturated heterocycles. The Morgan fingerprint density at radius 2 is 1.82 bits per heavy atom. The predicted molar refractivity (Wildman–Crippen MR) is 124 cm³/mol. The lowest BCUT2D eigenvalue weighted by Gasteiger charge is -2.13. The fourth-order valence-electron chi connectivity index (χ4n) is 3.33. The first-order valence-electron chi connectivity index (χ1n) is 10.6. The van der Waals surface area contributed by atoms with Gasteiger partial charge >= 0.3 is 5.97 Å². The van der Waals surface area contributed by atoms with Gasteiger partial charge in [0.15, 0.2) is 12.3 Å². The molecule has 0 aliphatic heterocycles. The highest BCUT2D eigenvalue weighted by Crippen LogP contribution is 2.20. The number of aromatic nitrogens is 2. The Kier molecular flexibility index (Phi) is 6.44. The molecule has 0 spiro atoms. The second kappa shape index (κ2) is 9.62. The van der Waals surface area contributed by atoms with E-state index in [2.05, 4.69) is 10.3 Å². The lowest BCUT2D eigenvalue weighted by molar-refractivity contribution is -0.118. The second-order valence-corrected chi connectivity index (χ2v) is 7.79. The minimum atomic E-state index is -0.602. The number of fused-ring (bicyclic) bond motifs is 1. The summed E-state index contributed by atoms with van der Waals surface area (Å²) in [5, 5.41) is 2.75. The van der Waals surface area contributed by atoms with E-state index in [0.29, 0.717) is 34.1 Å². The first-order valence-corrected chi connectivity index (χ1v) is 10.6. The number of rotatable bonds is 7. The molecule has 4 aromatic rings. The molecule has 1 amide bonds. The molecular weight excluding hydrogens is 438 g/mol. The van der Waals surface area contributed by atoms with Gasteiger partial charge in [0.2, 0.25) is 0 Å². The number of carbonyl (C=O) groups excluding carboxylic acids is 2. The first kappa shape index (κ1) is 22.8. The van der Waals surface area contributed by atoms with Crippen molar-refractivity contribution in [1.82, 2.24) is 9.56 Å². The minimum Gasteiger partial charge on any atom is -0.484 e. The fourth-order valence-corrected chi connectivity index (χ4v) is 3.33. The lowest BCUT2D eigenvalue weighted by Crippen LogP contribution is -2.21. The third-order valence-electron chi connectivity index (χ3n) is 5.09. The molecule has 2 heterocycles. The highest BCUT2D eigenvalue weighted by atomic mass is 16.5. The summed E-state index contributed by atoms with van der Waals surface area (Å²) in [6, 6.07) is 15.2. The number of ether oxygens (including phenoxy) is 2. The third kappa shape index (κ3) is 5.15. The number of amides is 1. The van der Waals surface area contributed by atoms with Gasteiger partial charge in [0.05, 0.1) is 11.3 Å². The maximum Gasteiger partial charge on any atom is 0.338 e. The van der Waals surface area contributed by atoms with Crippen molar-refractivity contribution in [2.75, 3.05) is 11.9 Å². The molecule has 2 aromatic heterocycles. The normalized spacial score (nSPS) is 10.8. The summed E-state index contributed by atoms with van der Waals surface area (Å²) in [6.07, 6.45) is 0. The maximum absolute atomic E-state index is 12.7. The predicted octanol–water partition coefficient (Wildman–Crippen LogP) is 3.59. The lowest BCUT2D eigenvalue weighted by atomic mass is 10.1. The Hall–Kier alpha value is -4.40. The van der Waals surface area contributed by atoms with E-state index < -0.39 is 11.5 Å². The van der Waals surface area contributed by atoms with Crippen LogP contribution in [0.5, 0.6) is 5.75 Å². The Bertz CT molecular complexity index is 1420. The van der Waals surface area contributed by atoms with Gasteiger partial charge in [-0.3, -0.25) is 9.59 Å². The molecule has 9 heteroatoms. The van der Waals surface area contributed by atoms with E-state index in [1.807, 2.05) is 19.1 Å². The molecular formula is C25H23N3O6. The van der Waals surface area contributed by atoms with Crippen molar-refractivity contribution in [3.8, 4) is 5.75 Å². The number of benzene rings is 2. The Balaban J connectivity index is 1.39. The first-order chi connectivity index (χ1) is 16.3.